The first-order valence-electron chi connectivity index (χ1n) is 3.23. The Kier molecular flexibility index (Phi) is 2.83. The summed E-state index contributed by atoms with van der Waals surface area (Å²) >= 11 is 4.26. The van der Waals surface area contributed by atoms with E-state index in [-0.39, 0.29) is 5.41 Å². The molecule has 4 heteroatoms. The molecule has 0 bridgehead atoms. The third kappa shape index (κ3) is 2.30. The highest BCUT2D eigenvalue weighted by Crippen LogP contribution is 2.27. The van der Waals surface area contributed by atoms with Crippen LogP contribution < -0.4 is 0 Å². The fraction of sp³-hybridized carbons (Fsp3) is 0.571. The third-order valence-corrected chi connectivity index (χ3v) is 2.46. The molecule has 1 aromatic heterocycles. The highest BCUT2D eigenvalue weighted by molar-refractivity contribution is 14.1. The van der Waals surface area contributed by atoms with Crippen molar-refractivity contribution in [2.45, 2.75) is 26.2 Å². The Morgan fingerprint density at radius 3 is 2.00 bits per heavy atom. The van der Waals surface area contributed by atoms with Crippen molar-refractivity contribution in [2.75, 3.05) is 0 Å². The van der Waals surface area contributed by atoms with Gasteiger partial charge in [-0.25, -0.2) is 4.98 Å². The second-order valence-electron chi connectivity index (χ2n) is 3.34. The Balaban J connectivity index is 3.13. The molecular formula is C7H9I2NO. The van der Waals surface area contributed by atoms with Crippen molar-refractivity contribution in [2.24, 2.45) is 0 Å². The normalized spacial score (nSPS) is 12.1. The van der Waals surface area contributed by atoms with Crippen molar-refractivity contribution >= 4 is 45.2 Å². The molecule has 2 nitrogen and oxygen atoms in total. The minimum Gasteiger partial charge on any atom is -0.426 e. The summed E-state index contributed by atoms with van der Waals surface area (Å²) in [4.78, 5) is 4.29. The van der Waals surface area contributed by atoms with Crippen LogP contribution in [0.5, 0.6) is 0 Å². The summed E-state index contributed by atoms with van der Waals surface area (Å²) in [5, 5.41) is 0. The molecule has 1 heterocycles. The molecule has 0 aliphatic carbocycles. The Morgan fingerprint density at radius 1 is 1.27 bits per heavy atom. The van der Waals surface area contributed by atoms with Crippen LogP contribution in [-0.2, 0) is 5.41 Å². The molecular weight excluding hydrogens is 368 g/mol. The van der Waals surface area contributed by atoms with Crippen molar-refractivity contribution in [1.82, 2.24) is 4.98 Å². The predicted molar refractivity (Wildman–Crippen MR) is 60.6 cm³/mol. The molecule has 0 saturated heterocycles. The summed E-state index contributed by atoms with van der Waals surface area (Å²) in [7, 11) is 0. The monoisotopic (exact) mass is 377 g/mol. The van der Waals surface area contributed by atoms with Gasteiger partial charge < -0.3 is 4.42 Å². The van der Waals surface area contributed by atoms with Crippen molar-refractivity contribution in [3.05, 3.63) is 13.4 Å². The van der Waals surface area contributed by atoms with E-state index in [0.717, 1.165) is 13.4 Å². The largest absolute Gasteiger partial charge is 0.426 e. The number of rotatable bonds is 0. The number of halogens is 2. The smallest absolute Gasteiger partial charge is 0.258 e. The molecule has 0 amide bonds. The molecule has 0 spiro atoms. The molecule has 1 aromatic rings. The number of aromatic nitrogens is 1. The predicted octanol–water partition coefficient (Wildman–Crippen LogP) is 3.18. The van der Waals surface area contributed by atoms with Gasteiger partial charge in [0, 0.05) is 50.6 Å². The van der Waals surface area contributed by atoms with Crippen LogP contribution in [0.3, 0.4) is 0 Å². The molecule has 62 valence electrons. The van der Waals surface area contributed by atoms with Crippen LogP contribution in [0, 0.1) is 7.66 Å². The number of hydrogen-bond acceptors (Lipinski definition) is 2. The van der Waals surface area contributed by atoms with E-state index in [2.05, 4.69) is 70.9 Å². The lowest BCUT2D eigenvalue weighted by Crippen LogP contribution is -2.13. The quantitative estimate of drug-likeness (QED) is 0.650. The highest BCUT2D eigenvalue weighted by atomic mass is 127. The molecule has 1 rings (SSSR count). The van der Waals surface area contributed by atoms with E-state index in [4.69, 9.17) is 4.42 Å². The van der Waals surface area contributed by atoms with Gasteiger partial charge in [-0.3, -0.25) is 0 Å². The third-order valence-electron chi connectivity index (χ3n) is 1.27. The molecule has 0 aromatic carbocycles. The summed E-state index contributed by atoms with van der Waals surface area (Å²) in [5.41, 5.74) is 1.13. The van der Waals surface area contributed by atoms with Crippen molar-refractivity contribution in [3.8, 4) is 0 Å². The van der Waals surface area contributed by atoms with Crippen LogP contribution >= 0.6 is 45.2 Å². The van der Waals surface area contributed by atoms with Gasteiger partial charge in [0.2, 0.25) is 0 Å². The van der Waals surface area contributed by atoms with Gasteiger partial charge in [-0.15, -0.1) is 0 Å². The summed E-state index contributed by atoms with van der Waals surface area (Å²) in [6, 6.07) is 0. The molecule has 0 radical (unpaired) electrons. The fourth-order valence-electron chi connectivity index (χ4n) is 0.739. The van der Waals surface area contributed by atoms with Crippen LogP contribution in [0.1, 0.15) is 26.5 Å². The maximum absolute atomic E-state index is 5.30. The van der Waals surface area contributed by atoms with Gasteiger partial charge in [-0.05, 0) is 0 Å². The SMILES string of the molecule is CC(C)(C)c1nc(I)oc1I. The lowest BCUT2D eigenvalue weighted by molar-refractivity contribution is 0.488. The minimum absolute atomic E-state index is 0.0868. The average molecular weight is 377 g/mol. The topological polar surface area (TPSA) is 26.0 Å². The van der Waals surface area contributed by atoms with Crippen LogP contribution in [0.25, 0.3) is 0 Å². The van der Waals surface area contributed by atoms with Gasteiger partial charge in [-0.2, -0.15) is 0 Å². The van der Waals surface area contributed by atoms with Gasteiger partial charge in [0.05, 0.1) is 5.69 Å². The first-order chi connectivity index (χ1) is 4.91. The molecule has 0 unspecified atom stereocenters. The molecule has 0 saturated carbocycles. The van der Waals surface area contributed by atoms with E-state index in [1.165, 1.54) is 0 Å². The van der Waals surface area contributed by atoms with Crippen LogP contribution in [0.15, 0.2) is 4.42 Å². The lowest BCUT2D eigenvalue weighted by Gasteiger charge is -2.13. The van der Waals surface area contributed by atoms with E-state index in [0.29, 0.717) is 0 Å². The average Bonchev–Trinajstić information content (AvgIpc) is 2.08. The maximum Gasteiger partial charge on any atom is 0.258 e. The van der Waals surface area contributed by atoms with Crippen LogP contribution in [0.2, 0.25) is 0 Å². The number of nitrogens with zero attached hydrogens (tertiary/aromatic N) is 1. The van der Waals surface area contributed by atoms with Crippen molar-refractivity contribution in [1.29, 1.82) is 0 Å². The Labute approximate surface area is 93.4 Å². The van der Waals surface area contributed by atoms with E-state index in [1.54, 1.807) is 0 Å². The van der Waals surface area contributed by atoms with Gasteiger partial charge in [0.1, 0.15) is 0 Å². The molecule has 0 atom stereocenters. The zero-order chi connectivity index (χ0) is 8.65. The summed E-state index contributed by atoms with van der Waals surface area (Å²) in [6.45, 7) is 6.38. The van der Waals surface area contributed by atoms with Crippen LogP contribution in [0.4, 0.5) is 0 Å². The highest BCUT2D eigenvalue weighted by Gasteiger charge is 2.22. The Hall–Kier alpha value is 0.670. The number of oxazole rings is 1. The standard InChI is InChI=1S/C7H9I2NO/c1-7(2,3)4-5(8)11-6(9)10-4/h1-3H3. The van der Waals surface area contributed by atoms with Gasteiger partial charge in [0.15, 0.2) is 3.77 Å². The Morgan fingerprint density at radius 2 is 1.82 bits per heavy atom. The minimum atomic E-state index is 0.0868. The zero-order valence-corrected chi connectivity index (χ0v) is 10.9. The molecule has 0 fully saturated rings. The summed E-state index contributed by atoms with van der Waals surface area (Å²) in [5.74, 6) is 0. The van der Waals surface area contributed by atoms with E-state index in [1.807, 2.05) is 0 Å². The first kappa shape index (κ1) is 9.76. The fourth-order valence-corrected chi connectivity index (χ4v) is 2.76. The van der Waals surface area contributed by atoms with E-state index < -0.39 is 0 Å². The second kappa shape index (κ2) is 3.20. The molecule has 11 heavy (non-hydrogen) atoms. The molecule has 0 aliphatic heterocycles. The second-order valence-corrected chi connectivity index (χ2v) is 5.24. The number of hydrogen-bond donors (Lipinski definition) is 0. The van der Waals surface area contributed by atoms with Crippen molar-refractivity contribution in [3.63, 3.8) is 0 Å². The first-order valence-corrected chi connectivity index (χ1v) is 5.39. The zero-order valence-electron chi connectivity index (χ0n) is 6.61. The Bertz CT molecular complexity index is 262. The van der Waals surface area contributed by atoms with Gasteiger partial charge in [-0.1, -0.05) is 20.8 Å². The van der Waals surface area contributed by atoms with Gasteiger partial charge >= 0.3 is 0 Å². The van der Waals surface area contributed by atoms with Crippen LogP contribution in [-0.4, -0.2) is 4.98 Å². The maximum atomic E-state index is 5.30. The molecule has 0 N–H and O–H groups in total. The summed E-state index contributed by atoms with van der Waals surface area (Å²) < 4.78 is 6.92. The van der Waals surface area contributed by atoms with Gasteiger partial charge in [0.25, 0.3) is 3.90 Å². The molecule has 0 aliphatic rings. The summed E-state index contributed by atoms with van der Waals surface area (Å²) in [6.07, 6.45) is 0. The lowest BCUT2D eigenvalue weighted by atomic mass is 9.93. The van der Waals surface area contributed by atoms with E-state index in [9.17, 15) is 0 Å². The van der Waals surface area contributed by atoms with E-state index >= 15 is 0 Å². The van der Waals surface area contributed by atoms with Crippen molar-refractivity contribution < 1.29 is 4.42 Å².